The fraction of sp³-hybridized carbons (Fsp3) is 0.500. The Bertz CT molecular complexity index is 486. The van der Waals surface area contributed by atoms with Crippen molar-refractivity contribution in [3.8, 4) is 5.75 Å². The summed E-state index contributed by atoms with van der Waals surface area (Å²) in [5.41, 5.74) is 0.659. The van der Waals surface area contributed by atoms with Crippen LogP contribution in [0.15, 0.2) is 24.3 Å². The summed E-state index contributed by atoms with van der Waals surface area (Å²) in [5, 5.41) is 2.78. The Kier molecular flexibility index (Phi) is 6.72. The lowest BCUT2D eigenvalue weighted by molar-refractivity contribution is -0.132. The molecular formula is C16H24N2O3. The average Bonchev–Trinajstić information content (AvgIpc) is 2.43. The highest BCUT2D eigenvalue weighted by atomic mass is 16.5. The standard InChI is InChI=1S/C16H24N2O3/c1-12(2)8-9-18(13(3)19)11-16(20)17-14-6-5-7-15(10-14)21-4/h5-7,10,12H,8-9,11H2,1-4H3,(H,17,20). The zero-order valence-corrected chi connectivity index (χ0v) is 13.2. The first-order chi connectivity index (χ1) is 9.92. The first kappa shape index (κ1) is 17.0. The Morgan fingerprint density at radius 1 is 1.33 bits per heavy atom. The Morgan fingerprint density at radius 3 is 2.62 bits per heavy atom. The lowest BCUT2D eigenvalue weighted by Crippen LogP contribution is -2.37. The van der Waals surface area contributed by atoms with Crippen LogP contribution < -0.4 is 10.1 Å². The summed E-state index contributed by atoms with van der Waals surface area (Å²) in [6.07, 6.45) is 0.881. The predicted octanol–water partition coefficient (Wildman–Crippen LogP) is 2.53. The van der Waals surface area contributed by atoms with Crippen molar-refractivity contribution < 1.29 is 14.3 Å². The second kappa shape index (κ2) is 8.29. The number of rotatable bonds is 7. The van der Waals surface area contributed by atoms with Gasteiger partial charge in [0.05, 0.1) is 13.7 Å². The molecule has 0 saturated heterocycles. The minimum atomic E-state index is -0.206. The van der Waals surface area contributed by atoms with Crippen molar-refractivity contribution in [3.05, 3.63) is 24.3 Å². The number of amides is 2. The van der Waals surface area contributed by atoms with Gasteiger partial charge in [-0.2, -0.15) is 0 Å². The molecule has 1 aromatic carbocycles. The van der Waals surface area contributed by atoms with Crippen LogP contribution in [0.4, 0.5) is 5.69 Å². The zero-order valence-electron chi connectivity index (χ0n) is 13.2. The third-order valence-electron chi connectivity index (χ3n) is 3.11. The van der Waals surface area contributed by atoms with Gasteiger partial charge in [-0.25, -0.2) is 0 Å². The number of carbonyl (C=O) groups is 2. The molecule has 0 radical (unpaired) electrons. The SMILES string of the molecule is COc1cccc(NC(=O)CN(CCC(C)C)C(C)=O)c1. The molecule has 0 aromatic heterocycles. The largest absolute Gasteiger partial charge is 0.497 e. The molecule has 0 aliphatic carbocycles. The van der Waals surface area contributed by atoms with E-state index in [2.05, 4.69) is 19.2 Å². The minimum Gasteiger partial charge on any atom is -0.497 e. The quantitative estimate of drug-likeness (QED) is 0.840. The second-order valence-corrected chi connectivity index (χ2v) is 5.40. The fourth-order valence-electron chi connectivity index (χ4n) is 1.84. The molecule has 0 fully saturated rings. The fourth-order valence-corrected chi connectivity index (χ4v) is 1.84. The molecule has 5 heteroatoms. The molecule has 0 aliphatic rings. The molecule has 116 valence electrons. The van der Waals surface area contributed by atoms with E-state index in [0.717, 1.165) is 6.42 Å². The van der Waals surface area contributed by atoms with Gasteiger partial charge in [0, 0.05) is 25.2 Å². The average molecular weight is 292 g/mol. The third kappa shape index (κ3) is 6.29. The van der Waals surface area contributed by atoms with Gasteiger partial charge in [-0.1, -0.05) is 19.9 Å². The highest BCUT2D eigenvalue weighted by molar-refractivity contribution is 5.94. The number of benzene rings is 1. The summed E-state index contributed by atoms with van der Waals surface area (Å²) in [6, 6.07) is 7.13. The molecule has 5 nitrogen and oxygen atoms in total. The normalized spacial score (nSPS) is 10.3. The molecule has 1 rings (SSSR count). The van der Waals surface area contributed by atoms with Crippen molar-refractivity contribution >= 4 is 17.5 Å². The smallest absolute Gasteiger partial charge is 0.243 e. The summed E-state index contributed by atoms with van der Waals surface area (Å²) >= 11 is 0. The minimum absolute atomic E-state index is 0.0687. The van der Waals surface area contributed by atoms with E-state index in [-0.39, 0.29) is 18.4 Å². The number of hydrogen-bond acceptors (Lipinski definition) is 3. The van der Waals surface area contributed by atoms with Gasteiger partial charge in [0.2, 0.25) is 11.8 Å². The maximum atomic E-state index is 12.0. The van der Waals surface area contributed by atoms with Crippen LogP contribution in [0.25, 0.3) is 0 Å². The van der Waals surface area contributed by atoms with Gasteiger partial charge in [-0.15, -0.1) is 0 Å². The molecule has 2 amide bonds. The number of carbonyl (C=O) groups excluding carboxylic acids is 2. The van der Waals surface area contributed by atoms with E-state index in [4.69, 9.17) is 4.74 Å². The van der Waals surface area contributed by atoms with Crippen LogP contribution in [-0.4, -0.2) is 36.9 Å². The highest BCUT2D eigenvalue weighted by Gasteiger charge is 2.14. The molecular weight excluding hydrogens is 268 g/mol. The Labute approximate surface area is 126 Å². The molecule has 1 N–H and O–H groups in total. The molecule has 0 unspecified atom stereocenters. The first-order valence-corrected chi connectivity index (χ1v) is 7.11. The summed E-state index contributed by atoms with van der Waals surface area (Å²) in [7, 11) is 1.57. The Morgan fingerprint density at radius 2 is 2.05 bits per heavy atom. The summed E-state index contributed by atoms with van der Waals surface area (Å²) < 4.78 is 5.10. The van der Waals surface area contributed by atoms with E-state index < -0.39 is 0 Å². The van der Waals surface area contributed by atoms with Crippen molar-refractivity contribution in [3.63, 3.8) is 0 Å². The topological polar surface area (TPSA) is 58.6 Å². The number of methoxy groups -OCH3 is 1. The first-order valence-electron chi connectivity index (χ1n) is 7.11. The van der Waals surface area contributed by atoms with Gasteiger partial charge in [0.1, 0.15) is 5.75 Å². The van der Waals surface area contributed by atoms with Crippen LogP contribution in [0, 0.1) is 5.92 Å². The highest BCUT2D eigenvalue weighted by Crippen LogP contribution is 2.16. The van der Waals surface area contributed by atoms with E-state index in [1.165, 1.54) is 6.92 Å². The Hall–Kier alpha value is -2.04. The number of nitrogens with one attached hydrogen (secondary N) is 1. The van der Waals surface area contributed by atoms with Crippen molar-refractivity contribution in [1.29, 1.82) is 0 Å². The van der Waals surface area contributed by atoms with E-state index >= 15 is 0 Å². The summed E-state index contributed by atoms with van der Waals surface area (Å²) in [6.45, 7) is 6.33. The maximum absolute atomic E-state index is 12.0. The molecule has 21 heavy (non-hydrogen) atoms. The van der Waals surface area contributed by atoms with Crippen LogP contribution in [0.5, 0.6) is 5.75 Å². The van der Waals surface area contributed by atoms with Gasteiger partial charge >= 0.3 is 0 Å². The monoisotopic (exact) mass is 292 g/mol. The zero-order chi connectivity index (χ0) is 15.8. The maximum Gasteiger partial charge on any atom is 0.243 e. The molecule has 0 bridgehead atoms. The van der Waals surface area contributed by atoms with Crippen LogP contribution >= 0.6 is 0 Å². The number of anilines is 1. The molecule has 0 saturated carbocycles. The predicted molar refractivity (Wildman–Crippen MR) is 83.3 cm³/mol. The lowest BCUT2D eigenvalue weighted by Gasteiger charge is -2.21. The van der Waals surface area contributed by atoms with E-state index in [1.807, 2.05) is 0 Å². The van der Waals surface area contributed by atoms with E-state index in [1.54, 1.807) is 36.3 Å². The van der Waals surface area contributed by atoms with E-state index in [0.29, 0.717) is 23.9 Å². The molecule has 0 spiro atoms. The van der Waals surface area contributed by atoms with Gasteiger partial charge in [-0.05, 0) is 24.5 Å². The van der Waals surface area contributed by atoms with Crippen LogP contribution in [0.3, 0.4) is 0 Å². The van der Waals surface area contributed by atoms with Crippen molar-refractivity contribution in [2.24, 2.45) is 5.92 Å². The van der Waals surface area contributed by atoms with Gasteiger partial charge in [-0.3, -0.25) is 9.59 Å². The van der Waals surface area contributed by atoms with Crippen LogP contribution in [0.1, 0.15) is 27.2 Å². The van der Waals surface area contributed by atoms with Crippen molar-refractivity contribution in [1.82, 2.24) is 4.90 Å². The second-order valence-electron chi connectivity index (χ2n) is 5.40. The Balaban J connectivity index is 2.58. The number of hydrogen-bond donors (Lipinski definition) is 1. The lowest BCUT2D eigenvalue weighted by atomic mass is 10.1. The molecule has 0 aliphatic heterocycles. The van der Waals surface area contributed by atoms with Crippen LogP contribution in [0.2, 0.25) is 0 Å². The van der Waals surface area contributed by atoms with Gasteiger partial charge < -0.3 is 15.0 Å². The number of ether oxygens (including phenoxy) is 1. The van der Waals surface area contributed by atoms with Gasteiger partial charge in [0.15, 0.2) is 0 Å². The molecule has 0 atom stereocenters. The molecule has 1 aromatic rings. The molecule has 0 heterocycles. The van der Waals surface area contributed by atoms with Crippen LogP contribution in [-0.2, 0) is 9.59 Å². The van der Waals surface area contributed by atoms with Gasteiger partial charge in [0.25, 0.3) is 0 Å². The van der Waals surface area contributed by atoms with Crippen molar-refractivity contribution in [2.45, 2.75) is 27.2 Å². The third-order valence-corrected chi connectivity index (χ3v) is 3.11. The van der Waals surface area contributed by atoms with E-state index in [9.17, 15) is 9.59 Å². The number of nitrogens with zero attached hydrogens (tertiary/aromatic N) is 1. The summed E-state index contributed by atoms with van der Waals surface area (Å²) in [4.78, 5) is 25.2. The summed E-state index contributed by atoms with van der Waals surface area (Å²) in [5.74, 6) is 0.878. The van der Waals surface area contributed by atoms with Crippen molar-refractivity contribution in [2.75, 3.05) is 25.5 Å².